The summed E-state index contributed by atoms with van der Waals surface area (Å²) >= 11 is 1.37. The molecule has 0 spiro atoms. The molecule has 2 aromatic heterocycles. The summed E-state index contributed by atoms with van der Waals surface area (Å²) in [4.78, 5) is 16.9. The summed E-state index contributed by atoms with van der Waals surface area (Å²) in [5, 5.41) is 12.0. The van der Waals surface area contributed by atoms with Gasteiger partial charge in [-0.25, -0.2) is 18.9 Å². The quantitative estimate of drug-likeness (QED) is 0.432. The number of carbonyl (C=O) groups excluding carboxylic acids is 1. The van der Waals surface area contributed by atoms with Crippen LogP contribution < -0.4 is 0 Å². The van der Waals surface area contributed by atoms with Gasteiger partial charge in [0, 0.05) is 12.2 Å². The number of hydrogen-bond acceptors (Lipinski definition) is 7. The Labute approximate surface area is 159 Å². The van der Waals surface area contributed by atoms with Gasteiger partial charge in [-0.2, -0.15) is 0 Å². The van der Waals surface area contributed by atoms with Crippen LogP contribution in [0.5, 0.6) is 0 Å². The molecule has 0 radical (unpaired) electrons. The van der Waals surface area contributed by atoms with Crippen molar-refractivity contribution in [3.63, 3.8) is 0 Å². The molecule has 0 aliphatic carbocycles. The van der Waals surface area contributed by atoms with E-state index in [0.29, 0.717) is 23.2 Å². The van der Waals surface area contributed by atoms with Crippen LogP contribution in [0.15, 0.2) is 35.6 Å². The number of halogens is 1. The first-order chi connectivity index (χ1) is 13.1. The number of unbranched alkanes of at least 4 members (excludes halogenated alkanes) is 1. The molecule has 0 bridgehead atoms. The maximum Gasteiger partial charge on any atom is 0.357 e. The first kappa shape index (κ1) is 19.0. The fourth-order valence-electron chi connectivity index (χ4n) is 2.47. The van der Waals surface area contributed by atoms with Crippen LogP contribution >= 0.6 is 11.8 Å². The van der Waals surface area contributed by atoms with Gasteiger partial charge in [-0.3, -0.25) is 4.57 Å². The van der Waals surface area contributed by atoms with Crippen molar-refractivity contribution in [1.29, 1.82) is 0 Å². The van der Waals surface area contributed by atoms with Gasteiger partial charge in [0.05, 0.1) is 6.20 Å². The van der Waals surface area contributed by atoms with E-state index in [1.165, 1.54) is 30.1 Å². The Kier molecular flexibility index (Phi) is 6.17. The lowest BCUT2D eigenvalue weighted by atomic mass is 10.3. The number of carbonyl (C=O) groups is 1. The topological polar surface area (TPSA) is 87.7 Å². The third-order valence-electron chi connectivity index (χ3n) is 3.87. The van der Waals surface area contributed by atoms with E-state index in [1.54, 1.807) is 21.4 Å². The highest BCUT2D eigenvalue weighted by Gasteiger charge is 2.20. The smallest absolute Gasteiger partial charge is 0.357 e. The SMILES string of the molecule is CCCCn1nnnc1COC(=O)c1cnc(SC)n1-c1ccc(F)cc1. The molecule has 0 atom stereocenters. The number of nitrogens with zero attached hydrogens (tertiary/aromatic N) is 6. The zero-order valence-electron chi connectivity index (χ0n) is 15.0. The lowest BCUT2D eigenvalue weighted by Crippen LogP contribution is -2.14. The molecule has 2 heterocycles. The Balaban J connectivity index is 1.78. The van der Waals surface area contributed by atoms with Crippen molar-refractivity contribution in [2.75, 3.05) is 6.26 Å². The number of benzene rings is 1. The number of thioether (sulfide) groups is 1. The van der Waals surface area contributed by atoms with Gasteiger partial charge in [0.1, 0.15) is 5.82 Å². The molecule has 0 amide bonds. The summed E-state index contributed by atoms with van der Waals surface area (Å²) in [6.07, 6.45) is 5.23. The van der Waals surface area contributed by atoms with E-state index < -0.39 is 5.97 Å². The minimum Gasteiger partial charge on any atom is -0.453 e. The summed E-state index contributed by atoms with van der Waals surface area (Å²) in [6, 6.07) is 5.82. The Bertz CT molecular complexity index is 909. The van der Waals surface area contributed by atoms with Gasteiger partial charge in [-0.1, -0.05) is 25.1 Å². The molecule has 0 fully saturated rings. The van der Waals surface area contributed by atoms with E-state index >= 15 is 0 Å². The molecule has 0 aliphatic rings. The van der Waals surface area contributed by atoms with E-state index in [1.807, 2.05) is 6.26 Å². The van der Waals surface area contributed by atoms with Crippen molar-refractivity contribution >= 4 is 17.7 Å². The van der Waals surface area contributed by atoms with Gasteiger partial charge < -0.3 is 4.74 Å². The number of tetrazole rings is 1. The van der Waals surface area contributed by atoms with Crippen molar-refractivity contribution in [2.24, 2.45) is 0 Å². The summed E-state index contributed by atoms with van der Waals surface area (Å²) in [5.74, 6) is -0.431. The number of aryl methyl sites for hydroxylation is 1. The first-order valence-electron chi connectivity index (χ1n) is 8.44. The Morgan fingerprint density at radius 3 is 2.78 bits per heavy atom. The van der Waals surface area contributed by atoms with E-state index in [0.717, 1.165) is 12.8 Å². The highest BCUT2D eigenvalue weighted by Crippen LogP contribution is 2.22. The van der Waals surface area contributed by atoms with Crippen LogP contribution in [0.1, 0.15) is 36.1 Å². The van der Waals surface area contributed by atoms with E-state index in [2.05, 4.69) is 27.4 Å². The molecule has 0 N–H and O–H groups in total. The summed E-state index contributed by atoms with van der Waals surface area (Å²) in [7, 11) is 0. The number of ether oxygens (including phenoxy) is 1. The Morgan fingerprint density at radius 2 is 2.07 bits per heavy atom. The van der Waals surface area contributed by atoms with Crippen LogP contribution in [-0.4, -0.2) is 42.0 Å². The maximum absolute atomic E-state index is 13.2. The van der Waals surface area contributed by atoms with E-state index in [4.69, 9.17) is 4.74 Å². The molecular formula is C17H19FN6O2S. The molecule has 10 heteroatoms. The third kappa shape index (κ3) is 4.33. The number of aromatic nitrogens is 6. The number of rotatable bonds is 8. The molecule has 0 saturated heterocycles. The summed E-state index contributed by atoms with van der Waals surface area (Å²) in [6.45, 7) is 2.70. The van der Waals surface area contributed by atoms with Gasteiger partial charge >= 0.3 is 5.97 Å². The molecule has 3 aromatic rings. The van der Waals surface area contributed by atoms with Crippen molar-refractivity contribution in [3.8, 4) is 5.69 Å². The fraction of sp³-hybridized carbons (Fsp3) is 0.353. The number of hydrogen-bond donors (Lipinski definition) is 0. The predicted octanol–water partition coefficient (Wildman–Crippen LogP) is 2.88. The molecule has 8 nitrogen and oxygen atoms in total. The second-order valence-corrected chi connectivity index (χ2v) is 6.46. The van der Waals surface area contributed by atoms with Crippen LogP contribution in [0.3, 0.4) is 0 Å². The van der Waals surface area contributed by atoms with Gasteiger partial charge in [0.2, 0.25) is 0 Å². The average Bonchev–Trinajstić information content (AvgIpc) is 3.31. The molecule has 0 aliphatic heterocycles. The third-order valence-corrected chi connectivity index (χ3v) is 4.52. The summed E-state index contributed by atoms with van der Waals surface area (Å²) < 4.78 is 21.9. The molecule has 1 aromatic carbocycles. The minimum absolute atomic E-state index is 0.0429. The molecule has 3 rings (SSSR count). The fourth-order valence-corrected chi connectivity index (χ4v) is 3.02. The standard InChI is InChI=1S/C17H19FN6O2S/c1-3-4-9-23-15(20-21-22-23)11-26-16(25)14-10-19-17(27-2)24(14)13-7-5-12(18)6-8-13/h5-8,10H,3-4,9,11H2,1-2H3. The average molecular weight is 390 g/mol. The monoisotopic (exact) mass is 390 g/mol. The van der Waals surface area contributed by atoms with Crippen molar-refractivity contribution in [1.82, 2.24) is 29.8 Å². The van der Waals surface area contributed by atoms with Gasteiger partial charge in [-0.05, 0) is 47.4 Å². The van der Waals surface area contributed by atoms with Gasteiger partial charge in [-0.15, -0.1) is 5.10 Å². The normalized spacial score (nSPS) is 10.9. The number of imidazole rings is 1. The van der Waals surface area contributed by atoms with E-state index in [-0.39, 0.29) is 18.1 Å². The highest BCUT2D eigenvalue weighted by atomic mass is 32.2. The van der Waals surface area contributed by atoms with Crippen molar-refractivity contribution < 1.29 is 13.9 Å². The van der Waals surface area contributed by atoms with Crippen molar-refractivity contribution in [3.05, 3.63) is 47.8 Å². The van der Waals surface area contributed by atoms with Gasteiger partial charge in [0.25, 0.3) is 0 Å². The Morgan fingerprint density at radius 1 is 1.30 bits per heavy atom. The highest BCUT2D eigenvalue weighted by molar-refractivity contribution is 7.98. The second-order valence-electron chi connectivity index (χ2n) is 5.69. The zero-order valence-corrected chi connectivity index (χ0v) is 15.8. The molecule has 27 heavy (non-hydrogen) atoms. The molecule has 0 saturated carbocycles. The van der Waals surface area contributed by atoms with Crippen LogP contribution in [0.4, 0.5) is 4.39 Å². The van der Waals surface area contributed by atoms with Crippen LogP contribution in [0, 0.1) is 5.82 Å². The number of esters is 1. The minimum atomic E-state index is -0.558. The Hall–Kier alpha value is -2.75. The second kappa shape index (κ2) is 8.76. The maximum atomic E-state index is 13.2. The molecule has 0 unspecified atom stereocenters. The van der Waals surface area contributed by atoms with Crippen LogP contribution in [-0.2, 0) is 17.9 Å². The van der Waals surface area contributed by atoms with Crippen molar-refractivity contribution in [2.45, 2.75) is 38.1 Å². The predicted molar refractivity (Wildman–Crippen MR) is 97.1 cm³/mol. The zero-order chi connectivity index (χ0) is 19.2. The largest absolute Gasteiger partial charge is 0.453 e. The lowest BCUT2D eigenvalue weighted by molar-refractivity contribution is 0.0446. The van der Waals surface area contributed by atoms with Gasteiger partial charge in [0.15, 0.2) is 23.3 Å². The molecule has 142 valence electrons. The first-order valence-corrected chi connectivity index (χ1v) is 9.66. The van der Waals surface area contributed by atoms with Crippen LogP contribution in [0.25, 0.3) is 5.69 Å². The van der Waals surface area contributed by atoms with E-state index in [9.17, 15) is 9.18 Å². The molecular weight excluding hydrogens is 371 g/mol. The summed E-state index contributed by atoms with van der Waals surface area (Å²) in [5.41, 5.74) is 0.872. The lowest BCUT2D eigenvalue weighted by Gasteiger charge is -2.11. The van der Waals surface area contributed by atoms with Crippen LogP contribution in [0.2, 0.25) is 0 Å².